The SMILES string of the molecule is O=C(CCC(NC(=O)COC1CCCCCCCC1)C1CCC1)NCCOC1CCCCCCCC1. The third-order valence-electron chi connectivity index (χ3n) is 8.58. The van der Waals surface area contributed by atoms with E-state index < -0.39 is 0 Å². The maximum atomic E-state index is 12.7. The van der Waals surface area contributed by atoms with Crippen molar-refractivity contribution in [3.05, 3.63) is 0 Å². The Kier molecular flexibility index (Phi) is 14.8. The topological polar surface area (TPSA) is 76.7 Å². The van der Waals surface area contributed by atoms with Gasteiger partial charge in [0.25, 0.3) is 0 Å². The summed E-state index contributed by atoms with van der Waals surface area (Å²) in [4.78, 5) is 25.2. The number of carbonyl (C=O) groups is 2. The van der Waals surface area contributed by atoms with Crippen LogP contribution in [-0.4, -0.2) is 49.8 Å². The van der Waals surface area contributed by atoms with Crippen molar-refractivity contribution in [2.24, 2.45) is 5.92 Å². The Hall–Kier alpha value is -1.14. The fourth-order valence-electron chi connectivity index (χ4n) is 6.03. The van der Waals surface area contributed by atoms with E-state index in [4.69, 9.17) is 9.47 Å². The van der Waals surface area contributed by atoms with Crippen LogP contribution in [0.3, 0.4) is 0 Å². The van der Waals surface area contributed by atoms with E-state index in [1.807, 2.05) is 0 Å². The first-order valence-corrected chi connectivity index (χ1v) is 15.5. The molecule has 6 nitrogen and oxygen atoms in total. The Morgan fingerprint density at radius 3 is 1.69 bits per heavy atom. The van der Waals surface area contributed by atoms with Crippen molar-refractivity contribution in [2.75, 3.05) is 19.8 Å². The van der Waals surface area contributed by atoms with E-state index >= 15 is 0 Å². The third-order valence-corrected chi connectivity index (χ3v) is 8.58. The molecule has 3 saturated carbocycles. The molecule has 6 heteroatoms. The highest BCUT2D eigenvalue weighted by molar-refractivity contribution is 5.78. The van der Waals surface area contributed by atoms with Gasteiger partial charge >= 0.3 is 0 Å². The molecule has 0 bridgehead atoms. The largest absolute Gasteiger partial charge is 0.376 e. The molecule has 3 rings (SSSR count). The normalized spacial score (nSPS) is 22.6. The predicted octanol–water partition coefficient (Wildman–Crippen LogP) is 6.21. The maximum Gasteiger partial charge on any atom is 0.246 e. The highest BCUT2D eigenvalue weighted by atomic mass is 16.5. The van der Waals surface area contributed by atoms with Crippen LogP contribution >= 0.6 is 0 Å². The lowest BCUT2D eigenvalue weighted by molar-refractivity contribution is -0.130. The fourth-order valence-corrected chi connectivity index (χ4v) is 6.03. The molecule has 36 heavy (non-hydrogen) atoms. The van der Waals surface area contributed by atoms with E-state index in [1.54, 1.807) is 0 Å². The molecule has 0 radical (unpaired) electrons. The standard InChI is InChI=1S/C30H54N2O4/c33-29(31-22-23-35-26-16-9-5-1-2-6-10-17-26)21-20-28(25-14-13-15-25)32-30(34)24-36-27-18-11-7-3-4-8-12-19-27/h25-28H,1-24H2,(H,31,33)(H,32,34). The van der Waals surface area contributed by atoms with Gasteiger partial charge in [-0.15, -0.1) is 0 Å². The molecule has 1 unspecified atom stereocenters. The quantitative estimate of drug-likeness (QED) is 0.309. The molecule has 208 valence electrons. The summed E-state index contributed by atoms with van der Waals surface area (Å²) < 4.78 is 12.1. The lowest BCUT2D eigenvalue weighted by Gasteiger charge is -2.34. The minimum Gasteiger partial charge on any atom is -0.376 e. The lowest BCUT2D eigenvalue weighted by atomic mass is 9.78. The first kappa shape index (κ1) is 29.4. The first-order valence-electron chi connectivity index (χ1n) is 15.5. The van der Waals surface area contributed by atoms with Gasteiger partial charge in [-0.1, -0.05) is 83.5 Å². The molecule has 0 aromatic carbocycles. The second-order valence-electron chi connectivity index (χ2n) is 11.6. The molecule has 1 atom stereocenters. The van der Waals surface area contributed by atoms with Gasteiger partial charge in [0, 0.05) is 19.0 Å². The molecule has 3 aliphatic rings. The van der Waals surface area contributed by atoms with Crippen molar-refractivity contribution in [2.45, 2.75) is 153 Å². The second kappa shape index (κ2) is 18.2. The van der Waals surface area contributed by atoms with Gasteiger partial charge in [0.05, 0.1) is 18.8 Å². The van der Waals surface area contributed by atoms with Crippen LogP contribution in [0.5, 0.6) is 0 Å². The summed E-state index contributed by atoms with van der Waals surface area (Å²) in [5.74, 6) is 0.544. The van der Waals surface area contributed by atoms with Gasteiger partial charge in [-0.05, 0) is 50.9 Å². The average molecular weight is 507 g/mol. The van der Waals surface area contributed by atoms with E-state index in [1.165, 1.54) is 83.5 Å². The molecule has 3 aliphatic carbocycles. The minimum absolute atomic E-state index is 0.0180. The Balaban J connectivity index is 1.30. The smallest absolute Gasteiger partial charge is 0.246 e. The highest BCUT2D eigenvalue weighted by Crippen LogP contribution is 2.31. The zero-order valence-corrected chi connectivity index (χ0v) is 22.9. The van der Waals surface area contributed by atoms with Crippen LogP contribution in [0.25, 0.3) is 0 Å². The number of carbonyl (C=O) groups excluding carboxylic acids is 2. The van der Waals surface area contributed by atoms with E-state index in [0.717, 1.165) is 38.5 Å². The van der Waals surface area contributed by atoms with Crippen molar-refractivity contribution in [1.29, 1.82) is 0 Å². The van der Waals surface area contributed by atoms with Gasteiger partial charge in [0.1, 0.15) is 6.61 Å². The van der Waals surface area contributed by atoms with Crippen LogP contribution in [0.15, 0.2) is 0 Å². The number of hydrogen-bond donors (Lipinski definition) is 2. The Bertz CT molecular complexity index is 590. The number of amides is 2. The van der Waals surface area contributed by atoms with E-state index in [-0.39, 0.29) is 30.6 Å². The summed E-state index contributed by atoms with van der Waals surface area (Å²) >= 11 is 0. The van der Waals surface area contributed by atoms with E-state index in [2.05, 4.69) is 10.6 Å². The van der Waals surface area contributed by atoms with Crippen LogP contribution in [0.2, 0.25) is 0 Å². The van der Waals surface area contributed by atoms with Crippen LogP contribution in [0.1, 0.15) is 135 Å². The van der Waals surface area contributed by atoms with Crippen molar-refractivity contribution < 1.29 is 19.1 Å². The number of rotatable bonds is 12. The molecule has 0 aromatic rings. The van der Waals surface area contributed by atoms with Crippen molar-refractivity contribution in [3.63, 3.8) is 0 Å². The minimum atomic E-state index is -0.0180. The van der Waals surface area contributed by atoms with Crippen LogP contribution in [0, 0.1) is 5.92 Å². The molecule has 0 aromatic heterocycles. The molecule has 3 fully saturated rings. The highest BCUT2D eigenvalue weighted by Gasteiger charge is 2.29. The Labute approximate surface area is 220 Å². The summed E-state index contributed by atoms with van der Waals surface area (Å²) in [5, 5.41) is 6.24. The summed E-state index contributed by atoms with van der Waals surface area (Å²) in [6, 6.07) is 0.0799. The predicted molar refractivity (Wildman–Crippen MR) is 145 cm³/mol. The molecule has 2 N–H and O–H groups in total. The zero-order valence-electron chi connectivity index (χ0n) is 22.9. The van der Waals surface area contributed by atoms with Crippen molar-refractivity contribution in [1.82, 2.24) is 10.6 Å². The molecule has 0 heterocycles. The van der Waals surface area contributed by atoms with E-state index in [0.29, 0.717) is 38.0 Å². The van der Waals surface area contributed by atoms with Crippen LogP contribution in [0.4, 0.5) is 0 Å². The molecule has 2 amide bonds. The Morgan fingerprint density at radius 1 is 0.639 bits per heavy atom. The second-order valence-corrected chi connectivity index (χ2v) is 11.6. The number of nitrogens with one attached hydrogen (secondary N) is 2. The molecular weight excluding hydrogens is 452 g/mol. The van der Waals surface area contributed by atoms with Crippen molar-refractivity contribution in [3.8, 4) is 0 Å². The summed E-state index contributed by atoms with van der Waals surface area (Å²) in [7, 11) is 0. The first-order chi connectivity index (χ1) is 17.7. The lowest BCUT2D eigenvalue weighted by Crippen LogP contribution is -2.45. The van der Waals surface area contributed by atoms with Gasteiger partial charge in [-0.3, -0.25) is 9.59 Å². The maximum absolute atomic E-state index is 12.7. The van der Waals surface area contributed by atoms with Gasteiger partial charge in [-0.25, -0.2) is 0 Å². The van der Waals surface area contributed by atoms with Crippen molar-refractivity contribution >= 4 is 11.8 Å². The van der Waals surface area contributed by atoms with E-state index in [9.17, 15) is 9.59 Å². The number of hydrogen-bond acceptors (Lipinski definition) is 4. The molecule has 0 saturated heterocycles. The molecule has 0 spiro atoms. The van der Waals surface area contributed by atoms with Crippen LogP contribution in [-0.2, 0) is 19.1 Å². The summed E-state index contributed by atoms with van der Waals surface area (Å²) in [5.41, 5.74) is 0. The third kappa shape index (κ3) is 12.4. The fraction of sp³-hybridized carbons (Fsp3) is 0.933. The average Bonchev–Trinajstić information content (AvgIpc) is 3.06. The Morgan fingerprint density at radius 2 is 1.17 bits per heavy atom. The monoisotopic (exact) mass is 506 g/mol. The summed E-state index contributed by atoms with van der Waals surface area (Å²) in [6.07, 6.45) is 25.2. The number of ether oxygens (including phenoxy) is 2. The molecule has 0 aliphatic heterocycles. The zero-order chi connectivity index (χ0) is 25.3. The van der Waals surface area contributed by atoms with Gasteiger partial charge < -0.3 is 20.1 Å². The van der Waals surface area contributed by atoms with Crippen LogP contribution < -0.4 is 10.6 Å². The van der Waals surface area contributed by atoms with Gasteiger partial charge in [0.2, 0.25) is 11.8 Å². The molecular formula is C30H54N2O4. The van der Waals surface area contributed by atoms with Gasteiger partial charge in [0.15, 0.2) is 0 Å². The van der Waals surface area contributed by atoms with Gasteiger partial charge in [-0.2, -0.15) is 0 Å². The summed E-state index contributed by atoms with van der Waals surface area (Å²) in [6.45, 7) is 1.32.